The number of unbranched alkanes of at least 4 members (excludes halogenated alkanes) is 1. The van der Waals surface area contributed by atoms with Crippen LogP contribution in [0.2, 0.25) is 0 Å². The number of carbonyl (C=O) groups is 3. The minimum absolute atomic E-state index is 0.390. The zero-order valence-electron chi connectivity index (χ0n) is 11.6. The standard InChI is InChI=1S/C12H22N2O6/c1-2-3-6-19-7-4-5-13-12(18)14-10(15)8-20-9-11(16)17/h2-9H2,1H3,(H,16,17)(H2,13,14,15,18). The average molecular weight is 290 g/mol. The van der Waals surface area contributed by atoms with Gasteiger partial charge in [0.15, 0.2) is 0 Å². The van der Waals surface area contributed by atoms with Gasteiger partial charge in [-0.3, -0.25) is 10.1 Å². The second kappa shape index (κ2) is 12.4. The van der Waals surface area contributed by atoms with Crippen LogP contribution in [0.4, 0.5) is 4.79 Å². The van der Waals surface area contributed by atoms with E-state index in [0.29, 0.717) is 26.2 Å². The number of carboxylic acid groups (broad SMARTS) is 1. The molecule has 0 aromatic rings. The van der Waals surface area contributed by atoms with Crippen LogP contribution in [0.3, 0.4) is 0 Å². The van der Waals surface area contributed by atoms with E-state index in [-0.39, 0.29) is 0 Å². The Bertz CT molecular complexity index is 308. The predicted molar refractivity (Wildman–Crippen MR) is 70.3 cm³/mol. The summed E-state index contributed by atoms with van der Waals surface area (Å²) in [5.41, 5.74) is 0. The van der Waals surface area contributed by atoms with E-state index in [2.05, 4.69) is 17.0 Å². The van der Waals surface area contributed by atoms with Crippen molar-refractivity contribution in [2.24, 2.45) is 0 Å². The molecule has 0 unspecified atom stereocenters. The second-order valence-electron chi connectivity index (χ2n) is 4.01. The van der Waals surface area contributed by atoms with Crippen LogP contribution in [0.25, 0.3) is 0 Å². The maximum atomic E-state index is 11.2. The summed E-state index contributed by atoms with van der Waals surface area (Å²) < 4.78 is 9.82. The highest BCUT2D eigenvalue weighted by Gasteiger charge is 2.07. The zero-order chi connectivity index (χ0) is 15.2. The van der Waals surface area contributed by atoms with Crippen LogP contribution in [-0.4, -0.2) is 56.0 Å². The fraction of sp³-hybridized carbons (Fsp3) is 0.750. The molecule has 0 heterocycles. The van der Waals surface area contributed by atoms with E-state index in [1.807, 2.05) is 5.32 Å². The summed E-state index contributed by atoms with van der Waals surface area (Å²) in [7, 11) is 0. The number of nitrogens with one attached hydrogen (secondary N) is 2. The Hall–Kier alpha value is -1.67. The number of ether oxygens (including phenoxy) is 2. The van der Waals surface area contributed by atoms with E-state index in [1.54, 1.807) is 0 Å². The molecule has 0 aliphatic rings. The van der Waals surface area contributed by atoms with E-state index in [1.165, 1.54) is 0 Å². The van der Waals surface area contributed by atoms with Crippen molar-refractivity contribution >= 4 is 17.9 Å². The Labute approximate surface area is 117 Å². The Morgan fingerprint density at radius 2 is 1.75 bits per heavy atom. The Balaban J connectivity index is 3.43. The Kier molecular flexibility index (Phi) is 11.3. The van der Waals surface area contributed by atoms with E-state index >= 15 is 0 Å². The first kappa shape index (κ1) is 18.3. The minimum Gasteiger partial charge on any atom is -0.480 e. The van der Waals surface area contributed by atoms with Gasteiger partial charge in [-0.2, -0.15) is 0 Å². The van der Waals surface area contributed by atoms with Crippen molar-refractivity contribution < 1.29 is 29.0 Å². The third-order valence-corrected chi connectivity index (χ3v) is 2.10. The number of hydrogen-bond donors (Lipinski definition) is 3. The number of aliphatic carboxylic acids is 1. The quantitative estimate of drug-likeness (QED) is 0.466. The monoisotopic (exact) mass is 290 g/mol. The van der Waals surface area contributed by atoms with Crippen LogP contribution in [0.1, 0.15) is 26.2 Å². The molecule has 0 saturated carbocycles. The third-order valence-electron chi connectivity index (χ3n) is 2.10. The molecule has 0 rings (SSSR count). The normalized spacial score (nSPS) is 10.1. The molecule has 0 spiro atoms. The molecule has 0 bridgehead atoms. The average Bonchev–Trinajstić information content (AvgIpc) is 2.37. The Morgan fingerprint density at radius 1 is 1.05 bits per heavy atom. The molecule has 8 nitrogen and oxygen atoms in total. The van der Waals surface area contributed by atoms with Crippen LogP contribution in [-0.2, 0) is 19.1 Å². The van der Waals surface area contributed by atoms with Gasteiger partial charge in [0.25, 0.3) is 5.91 Å². The second-order valence-corrected chi connectivity index (χ2v) is 4.01. The topological polar surface area (TPSA) is 114 Å². The van der Waals surface area contributed by atoms with Crippen LogP contribution >= 0.6 is 0 Å². The molecule has 20 heavy (non-hydrogen) atoms. The predicted octanol–water partition coefficient (Wildman–Crippen LogP) is 0.120. The van der Waals surface area contributed by atoms with Crippen molar-refractivity contribution in [1.29, 1.82) is 0 Å². The van der Waals surface area contributed by atoms with Gasteiger partial charge in [-0.05, 0) is 12.8 Å². The van der Waals surface area contributed by atoms with Crippen molar-refractivity contribution in [3.05, 3.63) is 0 Å². The molecule has 0 fully saturated rings. The summed E-state index contributed by atoms with van der Waals surface area (Å²) in [5, 5.41) is 12.8. The molecule has 0 atom stereocenters. The van der Waals surface area contributed by atoms with E-state index in [4.69, 9.17) is 9.84 Å². The lowest BCUT2D eigenvalue weighted by molar-refractivity contribution is -0.143. The summed E-state index contributed by atoms with van der Waals surface area (Å²) >= 11 is 0. The first-order chi connectivity index (χ1) is 9.56. The summed E-state index contributed by atoms with van der Waals surface area (Å²) in [6, 6.07) is -0.637. The highest BCUT2D eigenvalue weighted by molar-refractivity contribution is 5.94. The van der Waals surface area contributed by atoms with Crippen molar-refractivity contribution in [3.63, 3.8) is 0 Å². The zero-order valence-corrected chi connectivity index (χ0v) is 11.6. The van der Waals surface area contributed by atoms with Gasteiger partial charge in [0.05, 0.1) is 0 Å². The lowest BCUT2D eigenvalue weighted by Crippen LogP contribution is -2.41. The van der Waals surface area contributed by atoms with Crippen molar-refractivity contribution in [1.82, 2.24) is 10.6 Å². The number of carbonyl (C=O) groups excluding carboxylic acids is 2. The summed E-state index contributed by atoms with van der Waals surface area (Å²) in [4.78, 5) is 32.5. The molecule has 3 amide bonds. The lowest BCUT2D eigenvalue weighted by atomic mass is 10.4. The van der Waals surface area contributed by atoms with E-state index < -0.39 is 31.1 Å². The number of imide groups is 1. The third kappa shape index (κ3) is 12.8. The van der Waals surface area contributed by atoms with Gasteiger partial charge in [-0.15, -0.1) is 0 Å². The maximum Gasteiger partial charge on any atom is 0.329 e. The van der Waals surface area contributed by atoms with Crippen LogP contribution in [0, 0.1) is 0 Å². The molecule has 0 aromatic heterocycles. The largest absolute Gasteiger partial charge is 0.480 e. The summed E-state index contributed by atoms with van der Waals surface area (Å²) in [5.74, 6) is -1.87. The number of urea groups is 1. The molecule has 0 aliphatic carbocycles. The minimum atomic E-state index is -1.18. The van der Waals surface area contributed by atoms with Gasteiger partial charge in [0.1, 0.15) is 13.2 Å². The van der Waals surface area contributed by atoms with Gasteiger partial charge in [0.2, 0.25) is 0 Å². The van der Waals surface area contributed by atoms with E-state index in [9.17, 15) is 14.4 Å². The molecule has 8 heteroatoms. The van der Waals surface area contributed by atoms with Gasteiger partial charge < -0.3 is 19.9 Å². The van der Waals surface area contributed by atoms with Crippen molar-refractivity contribution in [2.45, 2.75) is 26.2 Å². The lowest BCUT2D eigenvalue weighted by Gasteiger charge is -2.07. The number of hydrogen-bond acceptors (Lipinski definition) is 5. The molecule has 3 N–H and O–H groups in total. The Morgan fingerprint density at radius 3 is 2.40 bits per heavy atom. The number of rotatable bonds is 11. The summed E-state index contributed by atoms with van der Waals surface area (Å²) in [6.07, 6.45) is 2.74. The molecular weight excluding hydrogens is 268 g/mol. The van der Waals surface area contributed by atoms with Crippen LogP contribution in [0.15, 0.2) is 0 Å². The molecule has 0 aliphatic heterocycles. The highest BCUT2D eigenvalue weighted by Crippen LogP contribution is 1.89. The molecule has 116 valence electrons. The molecule has 0 saturated heterocycles. The van der Waals surface area contributed by atoms with Crippen molar-refractivity contribution in [2.75, 3.05) is 33.0 Å². The van der Waals surface area contributed by atoms with Crippen LogP contribution in [0.5, 0.6) is 0 Å². The van der Waals surface area contributed by atoms with E-state index in [0.717, 1.165) is 12.8 Å². The van der Waals surface area contributed by atoms with Gasteiger partial charge in [-0.1, -0.05) is 13.3 Å². The maximum absolute atomic E-state index is 11.2. The highest BCUT2D eigenvalue weighted by atomic mass is 16.5. The first-order valence-electron chi connectivity index (χ1n) is 6.51. The summed E-state index contributed by atoms with van der Waals surface area (Å²) in [6.45, 7) is 2.68. The first-order valence-corrected chi connectivity index (χ1v) is 6.51. The smallest absolute Gasteiger partial charge is 0.329 e. The molecule has 0 aromatic carbocycles. The van der Waals surface area contributed by atoms with Gasteiger partial charge in [-0.25, -0.2) is 9.59 Å². The van der Waals surface area contributed by atoms with Crippen LogP contribution < -0.4 is 10.6 Å². The number of carboxylic acids is 1. The molecular formula is C12H22N2O6. The van der Waals surface area contributed by atoms with Crippen molar-refractivity contribution in [3.8, 4) is 0 Å². The van der Waals surface area contributed by atoms with Gasteiger partial charge >= 0.3 is 12.0 Å². The fourth-order valence-electron chi connectivity index (χ4n) is 1.16. The van der Waals surface area contributed by atoms with Gasteiger partial charge in [0, 0.05) is 19.8 Å². The SMILES string of the molecule is CCCCOCCCNC(=O)NC(=O)COCC(=O)O. The molecule has 0 radical (unpaired) electrons. The number of amides is 3. The fourth-order valence-corrected chi connectivity index (χ4v) is 1.16.